The number of halogens is 1. The van der Waals surface area contributed by atoms with Crippen LogP contribution in [0.2, 0.25) is 0 Å². The van der Waals surface area contributed by atoms with E-state index < -0.39 is 5.82 Å². The maximum atomic E-state index is 13.1. The second kappa shape index (κ2) is 7.03. The Balaban J connectivity index is 1.65. The van der Waals surface area contributed by atoms with Crippen molar-refractivity contribution in [2.75, 3.05) is 18.4 Å². The minimum Gasteiger partial charge on any atom is -0.369 e. The average Bonchev–Trinajstić information content (AvgIpc) is 2.98. The molecule has 0 atom stereocenters. The number of fused-ring (bicyclic) bond motifs is 1. The Kier molecular flexibility index (Phi) is 4.64. The fourth-order valence-corrected chi connectivity index (χ4v) is 2.28. The highest BCUT2D eigenvalue weighted by Gasteiger charge is 2.10. The number of hydrogen-bond acceptors (Lipinski definition) is 5. The number of carbonyl (C=O) groups excluding carboxylic acids is 1. The van der Waals surface area contributed by atoms with Gasteiger partial charge in [-0.05, 0) is 37.3 Å². The van der Waals surface area contributed by atoms with Gasteiger partial charge < -0.3 is 10.6 Å². The predicted molar refractivity (Wildman–Crippen MR) is 87.4 cm³/mol. The molecule has 2 aromatic heterocycles. The molecule has 3 rings (SSSR count). The molecule has 0 unspecified atom stereocenters. The van der Waals surface area contributed by atoms with E-state index in [9.17, 15) is 9.18 Å². The molecule has 0 saturated carbocycles. The monoisotopic (exact) mass is 328 g/mol. The van der Waals surface area contributed by atoms with Crippen LogP contribution in [0.3, 0.4) is 0 Å². The molecule has 0 radical (unpaired) electrons. The first-order chi connectivity index (χ1) is 11.7. The fourth-order valence-electron chi connectivity index (χ4n) is 2.28. The third kappa shape index (κ3) is 3.48. The van der Waals surface area contributed by atoms with Gasteiger partial charge >= 0.3 is 0 Å². The number of amides is 1. The Hall–Kier alpha value is -3.03. The molecule has 0 fully saturated rings. The van der Waals surface area contributed by atoms with E-state index in [1.807, 2.05) is 19.1 Å². The van der Waals surface area contributed by atoms with E-state index in [2.05, 4.69) is 25.9 Å². The SMILES string of the molecule is CCNc1ccc2nnc(CCNC(=O)c3cccc(F)c3)n2n1. The van der Waals surface area contributed by atoms with Crippen molar-refractivity contribution in [3.05, 3.63) is 53.6 Å². The number of benzene rings is 1. The van der Waals surface area contributed by atoms with Crippen LogP contribution in [0.4, 0.5) is 10.2 Å². The Morgan fingerprint density at radius 1 is 1.25 bits per heavy atom. The van der Waals surface area contributed by atoms with Gasteiger partial charge in [0.25, 0.3) is 5.91 Å². The summed E-state index contributed by atoms with van der Waals surface area (Å²) in [6.45, 7) is 3.10. The predicted octanol–water partition coefficient (Wildman–Crippen LogP) is 1.67. The summed E-state index contributed by atoms with van der Waals surface area (Å²) >= 11 is 0. The molecule has 1 aromatic carbocycles. The van der Waals surface area contributed by atoms with E-state index in [-0.39, 0.29) is 11.5 Å². The van der Waals surface area contributed by atoms with E-state index in [0.717, 1.165) is 12.4 Å². The Morgan fingerprint density at radius 2 is 2.12 bits per heavy atom. The van der Waals surface area contributed by atoms with E-state index in [1.165, 1.54) is 18.2 Å². The second-order valence-electron chi connectivity index (χ2n) is 5.15. The lowest BCUT2D eigenvalue weighted by Crippen LogP contribution is -2.26. The molecule has 7 nitrogen and oxygen atoms in total. The van der Waals surface area contributed by atoms with Crippen molar-refractivity contribution < 1.29 is 9.18 Å². The Bertz CT molecular complexity index is 863. The van der Waals surface area contributed by atoms with Crippen molar-refractivity contribution in [1.82, 2.24) is 25.1 Å². The van der Waals surface area contributed by atoms with Crippen molar-refractivity contribution in [2.24, 2.45) is 0 Å². The second-order valence-corrected chi connectivity index (χ2v) is 5.15. The molecule has 0 spiro atoms. The van der Waals surface area contributed by atoms with Gasteiger partial charge in [-0.3, -0.25) is 4.79 Å². The molecule has 2 N–H and O–H groups in total. The summed E-state index contributed by atoms with van der Waals surface area (Å²) in [6, 6.07) is 9.23. The van der Waals surface area contributed by atoms with E-state index in [4.69, 9.17) is 0 Å². The van der Waals surface area contributed by atoms with Gasteiger partial charge in [0.1, 0.15) is 11.6 Å². The van der Waals surface area contributed by atoms with Gasteiger partial charge in [-0.2, -0.15) is 4.52 Å². The molecule has 8 heteroatoms. The molecule has 2 heterocycles. The fraction of sp³-hybridized carbons (Fsp3) is 0.250. The lowest BCUT2D eigenvalue weighted by molar-refractivity contribution is 0.0953. The maximum absolute atomic E-state index is 13.1. The first-order valence-electron chi connectivity index (χ1n) is 7.66. The lowest BCUT2D eigenvalue weighted by Gasteiger charge is -2.05. The van der Waals surface area contributed by atoms with Crippen molar-refractivity contribution in [2.45, 2.75) is 13.3 Å². The molecule has 3 aromatic rings. The van der Waals surface area contributed by atoms with Gasteiger partial charge in [-0.1, -0.05) is 6.07 Å². The summed E-state index contributed by atoms with van der Waals surface area (Å²) in [5.74, 6) is 0.606. The minimum absolute atomic E-state index is 0.286. The smallest absolute Gasteiger partial charge is 0.251 e. The summed E-state index contributed by atoms with van der Waals surface area (Å²) in [7, 11) is 0. The summed E-state index contributed by atoms with van der Waals surface area (Å²) in [5.41, 5.74) is 0.928. The molecule has 0 saturated heterocycles. The van der Waals surface area contributed by atoms with Gasteiger partial charge in [0, 0.05) is 25.1 Å². The van der Waals surface area contributed by atoms with Crippen molar-refractivity contribution in [1.29, 1.82) is 0 Å². The number of anilines is 1. The van der Waals surface area contributed by atoms with Crippen LogP contribution in [0.25, 0.3) is 5.65 Å². The largest absolute Gasteiger partial charge is 0.369 e. The molecule has 0 aliphatic rings. The zero-order chi connectivity index (χ0) is 16.9. The van der Waals surface area contributed by atoms with Gasteiger partial charge in [0.15, 0.2) is 11.5 Å². The normalized spacial score (nSPS) is 10.8. The molecule has 1 amide bonds. The minimum atomic E-state index is -0.439. The first kappa shape index (κ1) is 15.9. The summed E-state index contributed by atoms with van der Waals surface area (Å²) in [6.07, 6.45) is 0.463. The first-order valence-corrected chi connectivity index (χ1v) is 7.66. The van der Waals surface area contributed by atoms with E-state index in [0.29, 0.717) is 24.4 Å². The lowest BCUT2D eigenvalue weighted by atomic mass is 10.2. The topological polar surface area (TPSA) is 84.2 Å². The van der Waals surface area contributed by atoms with Crippen LogP contribution in [-0.2, 0) is 6.42 Å². The number of nitrogens with one attached hydrogen (secondary N) is 2. The molecule has 0 aliphatic carbocycles. The molecule has 0 aliphatic heterocycles. The van der Waals surface area contributed by atoms with Crippen LogP contribution in [-0.4, -0.2) is 38.8 Å². The number of nitrogens with zero attached hydrogens (tertiary/aromatic N) is 4. The van der Waals surface area contributed by atoms with Crippen LogP contribution >= 0.6 is 0 Å². The highest BCUT2D eigenvalue weighted by Crippen LogP contribution is 2.07. The third-order valence-electron chi connectivity index (χ3n) is 3.41. The maximum Gasteiger partial charge on any atom is 0.251 e. The molecule has 0 bridgehead atoms. The van der Waals surface area contributed by atoms with Crippen LogP contribution < -0.4 is 10.6 Å². The van der Waals surface area contributed by atoms with Gasteiger partial charge in [0.05, 0.1) is 0 Å². The van der Waals surface area contributed by atoms with Crippen LogP contribution in [0.5, 0.6) is 0 Å². The van der Waals surface area contributed by atoms with Crippen LogP contribution in [0.15, 0.2) is 36.4 Å². The Morgan fingerprint density at radius 3 is 2.92 bits per heavy atom. The zero-order valence-corrected chi connectivity index (χ0v) is 13.2. The van der Waals surface area contributed by atoms with Crippen molar-refractivity contribution in [3.8, 4) is 0 Å². The van der Waals surface area contributed by atoms with Gasteiger partial charge in [-0.15, -0.1) is 15.3 Å². The highest BCUT2D eigenvalue weighted by molar-refractivity contribution is 5.94. The summed E-state index contributed by atoms with van der Waals surface area (Å²) in [5, 5.41) is 18.4. The molecule has 24 heavy (non-hydrogen) atoms. The van der Waals surface area contributed by atoms with Crippen molar-refractivity contribution >= 4 is 17.4 Å². The van der Waals surface area contributed by atoms with E-state index >= 15 is 0 Å². The molecular weight excluding hydrogens is 311 g/mol. The molecular formula is C16H17FN6O. The summed E-state index contributed by atoms with van der Waals surface area (Å²) < 4.78 is 14.8. The third-order valence-corrected chi connectivity index (χ3v) is 3.41. The summed E-state index contributed by atoms with van der Waals surface area (Å²) in [4.78, 5) is 12.0. The number of hydrogen-bond donors (Lipinski definition) is 2. The van der Waals surface area contributed by atoms with Crippen LogP contribution in [0.1, 0.15) is 23.1 Å². The Labute approximate surface area is 137 Å². The van der Waals surface area contributed by atoms with Gasteiger partial charge in [-0.25, -0.2) is 4.39 Å². The van der Waals surface area contributed by atoms with E-state index in [1.54, 1.807) is 10.6 Å². The quantitative estimate of drug-likeness (QED) is 0.719. The average molecular weight is 328 g/mol. The number of carbonyl (C=O) groups is 1. The van der Waals surface area contributed by atoms with Crippen molar-refractivity contribution in [3.63, 3.8) is 0 Å². The zero-order valence-electron chi connectivity index (χ0n) is 13.2. The van der Waals surface area contributed by atoms with Crippen LogP contribution in [0, 0.1) is 5.82 Å². The number of rotatable bonds is 6. The molecule has 124 valence electrons. The standard InChI is InChI=1S/C16H17FN6O/c1-2-18-13-6-7-14-20-21-15(23(14)22-13)8-9-19-16(24)11-4-3-5-12(17)10-11/h3-7,10H,2,8-9H2,1H3,(H,18,22)(H,19,24). The number of aromatic nitrogens is 4. The highest BCUT2D eigenvalue weighted by atomic mass is 19.1. The van der Waals surface area contributed by atoms with Gasteiger partial charge in [0.2, 0.25) is 0 Å².